The summed E-state index contributed by atoms with van der Waals surface area (Å²) in [6, 6.07) is 8.67. The van der Waals surface area contributed by atoms with Crippen LogP contribution in [0, 0.1) is 23.7 Å². The normalized spacial score (nSPS) is 39.6. The second-order valence-corrected chi connectivity index (χ2v) is 13.7. The van der Waals surface area contributed by atoms with Crippen LogP contribution in [0.25, 0.3) is 11.0 Å². The topological polar surface area (TPSA) is 87.9 Å². The van der Waals surface area contributed by atoms with E-state index in [0.717, 1.165) is 35.7 Å². The summed E-state index contributed by atoms with van der Waals surface area (Å²) in [5.41, 5.74) is 1.44. The maximum Gasteiger partial charge on any atom is 0.329 e. The fraction of sp³-hybridized carbons (Fsp3) is 0.719. The number of carboxylic acids is 1. The molecule has 2 unspecified atom stereocenters. The summed E-state index contributed by atoms with van der Waals surface area (Å²) in [4.78, 5) is 35.7. The van der Waals surface area contributed by atoms with Crippen molar-refractivity contribution in [3.8, 4) is 0 Å². The predicted molar refractivity (Wildman–Crippen MR) is 155 cm³/mol. The Bertz CT molecular complexity index is 1310. The van der Waals surface area contributed by atoms with Gasteiger partial charge >= 0.3 is 5.97 Å². The molecule has 5 fully saturated rings. The van der Waals surface area contributed by atoms with Crippen molar-refractivity contribution in [3.63, 3.8) is 0 Å². The van der Waals surface area contributed by atoms with Crippen LogP contribution in [-0.2, 0) is 9.53 Å². The Kier molecular flexibility index (Phi) is 6.69. The minimum Gasteiger partial charge on any atom is -0.480 e. The molecule has 2 aromatic rings. The van der Waals surface area contributed by atoms with Crippen LogP contribution in [0.2, 0.25) is 0 Å². The summed E-state index contributed by atoms with van der Waals surface area (Å²) in [5.74, 6) is 2.23. The zero-order valence-corrected chi connectivity index (χ0v) is 24.1. The number of carboxylic acid groups (broad SMARTS) is 1. The first-order valence-electron chi connectivity index (χ1n) is 15.6. The van der Waals surface area contributed by atoms with Crippen molar-refractivity contribution < 1.29 is 14.6 Å². The number of carbonyl (C=O) groups is 1. The Hall–Kier alpha value is -2.45. The van der Waals surface area contributed by atoms with Gasteiger partial charge in [0, 0.05) is 37.8 Å². The van der Waals surface area contributed by atoms with Crippen molar-refractivity contribution in [2.75, 3.05) is 18.6 Å². The number of aliphatic carboxylic acids is 1. The van der Waals surface area contributed by atoms with Gasteiger partial charge in [-0.15, -0.1) is 0 Å². The Balaban J connectivity index is 1.27. The largest absolute Gasteiger partial charge is 0.480 e. The van der Waals surface area contributed by atoms with E-state index in [1.54, 1.807) is 4.90 Å². The van der Waals surface area contributed by atoms with E-state index in [-0.39, 0.29) is 17.4 Å². The second-order valence-electron chi connectivity index (χ2n) is 13.7. The predicted octanol–water partition coefficient (Wildman–Crippen LogP) is 4.70. The quantitative estimate of drug-likeness (QED) is 0.579. The molecule has 1 aromatic heterocycles. The van der Waals surface area contributed by atoms with E-state index in [4.69, 9.17) is 9.72 Å². The van der Waals surface area contributed by atoms with E-state index < -0.39 is 18.1 Å². The van der Waals surface area contributed by atoms with Crippen LogP contribution in [0.1, 0.15) is 77.7 Å². The van der Waals surface area contributed by atoms with Crippen LogP contribution in [0.3, 0.4) is 0 Å². The van der Waals surface area contributed by atoms with Gasteiger partial charge in [0.05, 0.1) is 11.0 Å². The maximum absolute atomic E-state index is 14.3. The lowest BCUT2D eigenvalue weighted by Gasteiger charge is -2.59. The summed E-state index contributed by atoms with van der Waals surface area (Å²) in [6.07, 6.45) is 11.1. The number of hydrogen-bond donors (Lipinski definition) is 1. The summed E-state index contributed by atoms with van der Waals surface area (Å²) in [7, 11) is 1.53. The molecule has 8 nitrogen and oxygen atoms in total. The molecule has 3 aliphatic heterocycles. The van der Waals surface area contributed by atoms with E-state index in [1.807, 2.05) is 28.8 Å². The summed E-state index contributed by atoms with van der Waals surface area (Å²) in [5, 5.41) is 9.90. The number of methoxy groups -OCH3 is 1. The number of piperidine rings is 2. The molecule has 8 heteroatoms. The molecular weight excluding hydrogens is 504 g/mol. The van der Waals surface area contributed by atoms with Crippen molar-refractivity contribution in [3.05, 3.63) is 34.6 Å². The molecule has 3 saturated heterocycles. The first kappa shape index (κ1) is 26.4. The summed E-state index contributed by atoms with van der Waals surface area (Å²) in [6.45, 7) is 5.21. The molecule has 4 heterocycles. The lowest BCUT2D eigenvalue weighted by molar-refractivity contribution is -0.145. The molecule has 4 bridgehead atoms. The van der Waals surface area contributed by atoms with E-state index in [0.29, 0.717) is 36.5 Å². The molecule has 2 aliphatic carbocycles. The van der Waals surface area contributed by atoms with Gasteiger partial charge in [0.1, 0.15) is 6.10 Å². The molecule has 10 atom stereocenters. The van der Waals surface area contributed by atoms with Gasteiger partial charge in [0.2, 0.25) is 0 Å². The van der Waals surface area contributed by atoms with Gasteiger partial charge in [-0.1, -0.05) is 45.2 Å². The average molecular weight is 549 g/mol. The van der Waals surface area contributed by atoms with Crippen LogP contribution in [0.4, 0.5) is 5.82 Å². The number of benzene rings is 1. The number of hydrogen-bond acceptors (Lipinski definition) is 6. The number of ether oxygens (including phenoxy) is 1. The molecule has 7 rings (SSSR count). The van der Waals surface area contributed by atoms with Gasteiger partial charge in [0.25, 0.3) is 5.56 Å². The third-order valence-electron chi connectivity index (χ3n) is 11.4. The minimum atomic E-state index is -0.984. The van der Waals surface area contributed by atoms with Crippen LogP contribution >= 0.6 is 0 Å². The molecule has 0 spiro atoms. The van der Waals surface area contributed by atoms with Crippen molar-refractivity contribution in [2.45, 2.75) is 108 Å². The monoisotopic (exact) mass is 548 g/mol. The Morgan fingerprint density at radius 1 is 0.950 bits per heavy atom. The van der Waals surface area contributed by atoms with Gasteiger partial charge in [-0.25, -0.2) is 9.78 Å². The number of anilines is 1. The lowest BCUT2D eigenvalue weighted by Crippen LogP contribution is -2.66. The SMILES string of the molecule is CO[C@H]1CN(c2nc3ccccc3n(C3C[C@@H]4[C@@H](C)C[C@@H](C)[C@H](C3)N4C3C[C@H]4CCC[C@@H](C3)C4)c2=O)[C@@H]1C(=O)O. The molecule has 0 amide bonds. The Morgan fingerprint density at radius 3 is 2.27 bits per heavy atom. The fourth-order valence-electron chi connectivity index (χ4n) is 9.66. The third kappa shape index (κ3) is 4.20. The maximum atomic E-state index is 14.3. The zero-order chi connectivity index (χ0) is 27.7. The summed E-state index contributed by atoms with van der Waals surface area (Å²) >= 11 is 0. The molecule has 40 heavy (non-hydrogen) atoms. The number of aromatic nitrogens is 2. The van der Waals surface area contributed by atoms with E-state index >= 15 is 0 Å². The molecule has 216 valence electrons. The first-order chi connectivity index (χ1) is 19.3. The third-order valence-corrected chi connectivity index (χ3v) is 11.4. The second kappa shape index (κ2) is 10.1. The average Bonchev–Trinajstić information content (AvgIpc) is 2.91. The first-order valence-corrected chi connectivity index (χ1v) is 15.6. The van der Waals surface area contributed by atoms with Crippen LogP contribution < -0.4 is 10.5 Å². The van der Waals surface area contributed by atoms with Crippen molar-refractivity contribution in [2.24, 2.45) is 23.7 Å². The van der Waals surface area contributed by atoms with Crippen molar-refractivity contribution >= 4 is 22.8 Å². The van der Waals surface area contributed by atoms with Gasteiger partial charge in [-0.3, -0.25) is 9.69 Å². The Morgan fingerprint density at radius 2 is 1.62 bits per heavy atom. The van der Waals surface area contributed by atoms with E-state index in [1.165, 1.54) is 52.1 Å². The highest BCUT2D eigenvalue weighted by molar-refractivity contribution is 5.83. The van der Waals surface area contributed by atoms with Crippen LogP contribution in [0.15, 0.2) is 29.1 Å². The molecule has 0 radical (unpaired) electrons. The Labute approximate surface area is 236 Å². The molecule has 1 N–H and O–H groups in total. The molecular formula is C32H44N4O4. The number of nitrogens with zero attached hydrogens (tertiary/aromatic N) is 4. The smallest absolute Gasteiger partial charge is 0.329 e. The fourth-order valence-corrected chi connectivity index (χ4v) is 9.66. The number of fused-ring (bicyclic) bond motifs is 5. The highest BCUT2D eigenvalue weighted by Gasteiger charge is 2.51. The van der Waals surface area contributed by atoms with Crippen molar-refractivity contribution in [1.29, 1.82) is 0 Å². The highest BCUT2D eigenvalue weighted by Crippen LogP contribution is 2.50. The summed E-state index contributed by atoms with van der Waals surface area (Å²) < 4.78 is 7.39. The minimum absolute atomic E-state index is 0.0708. The molecule has 5 aliphatic rings. The van der Waals surface area contributed by atoms with Gasteiger partial charge < -0.3 is 19.3 Å². The standard InChI is InChI=1S/C32H44N4O4/c1-18-11-19(2)27-16-23(15-26(18)35(27)22-13-20-7-6-8-21(12-20)14-22)36-25-10-5-4-9-24(25)33-30(31(36)37)34-17-28(40-3)29(34)32(38)39/h4-5,9-10,18-23,26-29H,6-8,11-17H2,1-3H3,(H,38,39)/t18-,19+,20-,21+,22?,23?,26+,27-,28-,29-/m0/s1. The molecule has 2 saturated carbocycles. The van der Waals surface area contributed by atoms with Gasteiger partial charge in [0.15, 0.2) is 11.9 Å². The highest BCUT2D eigenvalue weighted by atomic mass is 16.5. The van der Waals surface area contributed by atoms with Gasteiger partial charge in [-0.2, -0.15) is 0 Å². The zero-order valence-electron chi connectivity index (χ0n) is 24.1. The number of para-hydroxylation sites is 2. The molecule has 1 aromatic carbocycles. The van der Waals surface area contributed by atoms with Gasteiger partial charge in [-0.05, 0) is 74.3 Å². The number of rotatable bonds is 5. The van der Waals surface area contributed by atoms with Crippen LogP contribution in [0.5, 0.6) is 0 Å². The van der Waals surface area contributed by atoms with E-state index in [2.05, 4.69) is 18.7 Å². The van der Waals surface area contributed by atoms with Crippen LogP contribution in [-0.4, -0.2) is 69.5 Å². The van der Waals surface area contributed by atoms with E-state index in [9.17, 15) is 14.7 Å². The van der Waals surface area contributed by atoms with Crippen molar-refractivity contribution in [1.82, 2.24) is 14.5 Å². The lowest BCUT2D eigenvalue weighted by atomic mass is 9.66.